The van der Waals surface area contributed by atoms with Crippen LogP contribution in [-0.4, -0.2) is 21.8 Å². The molecule has 0 radical (unpaired) electrons. The minimum absolute atomic E-state index is 0.160. The molecule has 0 fully saturated rings. The molecule has 0 aliphatic rings. The van der Waals surface area contributed by atoms with E-state index in [1.807, 2.05) is 13.8 Å². The van der Waals surface area contributed by atoms with Gasteiger partial charge in [0.05, 0.1) is 10.4 Å². The number of aromatic carboxylic acids is 1. The van der Waals surface area contributed by atoms with Crippen LogP contribution in [0.4, 0.5) is 5.69 Å². The van der Waals surface area contributed by atoms with Crippen molar-refractivity contribution >= 4 is 33.5 Å². The SMILES string of the molecule is Cc1c(NC(=O)C(Br)C(C)C)cccc1C(=O)O. The number of carbonyl (C=O) groups excluding carboxylic acids is 1. The van der Waals surface area contributed by atoms with E-state index in [0.717, 1.165) is 0 Å². The van der Waals surface area contributed by atoms with Gasteiger partial charge in [0.25, 0.3) is 0 Å². The summed E-state index contributed by atoms with van der Waals surface area (Å²) in [7, 11) is 0. The zero-order valence-corrected chi connectivity index (χ0v) is 12.1. The maximum Gasteiger partial charge on any atom is 0.336 e. The van der Waals surface area contributed by atoms with Crippen molar-refractivity contribution in [3.63, 3.8) is 0 Å². The van der Waals surface area contributed by atoms with Crippen molar-refractivity contribution in [2.45, 2.75) is 25.6 Å². The molecule has 0 bridgehead atoms. The lowest BCUT2D eigenvalue weighted by molar-refractivity contribution is -0.116. The molecule has 0 heterocycles. The van der Waals surface area contributed by atoms with Gasteiger partial charge in [0.1, 0.15) is 0 Å². The zero-order chi connectivity index (χ0) is 13.9. The third-order valence-electron chi connectivity index (χ3n) is 2.66. The molecule has 18 heavy (non-hydrogen) atoms. The average molecular weight is 314 g/mol. The molecule has 1 amide bonds. The van der Waals surface area contributed by atoms with E-state index in [1.165, 1.54) is 6.07 Å². The summed E-state index contributed by atoms with van der Waals surface area (Å²) in [4.78, 5) is 22.6. The Morgan fingerprint density at radius 1 is 1.33 bits per heavy atom. The van der Waals surface area contributed by atoms with Gasteiger partial charge in [-0.05, 0) is 30.5 Å². The fourth-order valence-electron chi connectivity index (χ4n) is 1.51. The molecule has 0 aliphatic carbocycles. The molecule has 0 spiro atoms. The van der Waals surface area contributed by atoms with E-state index < -0.39 is 5.97 Å². The Labute approximate surface area is 115 Å². The van der Waals surface area contributed by atoms with Gasteiger partial charge >= 0.3 is 5.97 Å². The summed E-state index contributed by atoms with van der Waals surface area (Å²) in [5.41, 5.74) is 1.29. The van der Waals surface area contributed by atoms with Crippen molar-refractivity contribution in [2.24, 2.45) is 5.92 Å². The van der Waals surface area contributed by atoms with Crippen LogP contribution in [0.3, 0.4) is 0 Å². The molecule has 0 saturated carbocycles. The number of alkyl halides is 1. The Morgan fingerprint density at radius 2 is 1.94 bits per heavy atom. The van der Waals surface area contributed by atoms with Gasteiger partial charge in [0.15, 0.2) is 0 Å². The lowest BCUT2D eigenvalue weighted by Crippen LogP contribution is -2.27. The standard InChI is InChI=1S/C13H16BrNO3/c1-7(2)11(14)12(16)15-10-6-4-5-9(8(10)3)13(17)18/h4-7,11H,1-3H3,(H,15,16)(H,17,18). The highest BCUT2D eigenvalue weighted by molar-refractivity contribution is 9.10. The summed E-state index contributed by atoms with van der Waals surface area (Å²) in [6, 6.07) is 4.83. The minimum atomic E-state index is -0.997. The van der Waals surface area contributed by atoms with Crippen LogP contribution in [0.5, 0.6) is 0 Å². The number of halogens is 1. The Morgan fingerprint density at radius 3 is 2.44 bits per heavy atom. The van der Waals surface area contributed by atoms with Crippen molar-refractivity contribution in [1.82, 2.24) is 0 Å². The van der Waals surface area contributed by atoms with Gasteiger partial charge in [-0.25, -0.2) is 4.79 Å². The van der Waals surface area contributed by atoms with E-state index in [0.29, 0.717) is 11.3 Å². The largest absolute Gasteiger partial charge is 0.478 e. The number of carboxylic acid groups (broad SMARTS) is 1. The summed E-state index contributed by atoms with van der Waals surface area (Å²) in [5.74, 6) is -1.01. The molecule has 1 rings (SSSR count). The number of benzene rings is 1. The van der Waals surface area contributed by atoms with E-state index in [9.17, 15) is 9.59 Å². The van der Waals surface area contributed by atoms with Crippen LogP contribution in [0.2, 0.25) is 0 Å². The number of nitrogens with one attached hydrogen (secondary N) is 1. The second kappa shape index (κ2) is 6.00. The Bertz CT molecular complexity index is 471. The van der Waals surface area contributed by atoms with Gasteiger partial charge < -0.3 is 10.4 Å². The summed E-state index contributed by atoms with van der Waals surface area (Å²) < 4.78 is 0. The van der Waals surface area contributed by atoms with Gasteiger partial charge in [-0.1, -0.05) is 35.8 Å². The zero-order valence-electron chi connectivity index (χ0n) is 10.5. The molecule has 0 aliphatic heterocycles. The minimum Gasteiger partial charge on any atom is -0.478 e. The van der Waals surface area contributed by atoms with E-state index in [4.69, 9.17) is 5.11 Å². The first kappa shape index (κ1) is 14.7. The van der Waals surface area contributed by atoms with Gasteiger partial charge in [0, 0.05) is 5.69 Å². The van der Waals surface area contributed by atoms with Crippen molar-refractivity contribution in [3.8, 4) is 0 Å². The second-order valence-corrected chi connectivity index (χ2v) is 5.40. The second-order valence-electron chi connectivity index (χ2n) is 4.42. The van der Waals surface area contributed by atoms with E-state index in [1.54, 1.807) is 19.1 Å². The third-order valence-corrected chi connectivity index (χ3v) is 4.13. The monoisotopic (exact) mass is 313 g/mol. The first-order chi connectivity index (χ1) is 8.34. The van der Waals surface area contributed by atoms with Crippen LogP contribution < -0.4 is 5.32 Å². The summed E-state index contributed by atoms with van der Waals surface area (Å²) in [6.07, 6.45) is 0. The predicted molar refractivity (Wildman–Crippen MR) is 74.3 cm³/mol. The first-order valence-corrected chi connectivity index (χ1v) is 6.54. The van der Waals surface area contributed by atoms with Crippen LogP contribution in [0.15, 0.2) is 18.2 Å². The molecule has 1 unspecified atom stereocenters. The smallest absolute Gasteiger partial charge is 0.336 e. The number of anilines is 1. The maximum absolute atomic E-state index is 11.9. The highest BCUT2D eigenvalue weighted by atomic mass is 79.9. The Hall–Kier alpha value is -1.36. The third kappa shape index (κ3) is 3.32. The summed E-state index contributed by atoms with van der Waals surface area (Å²) in [5, 5.41) is 11.7. The van der Waals surface area contributed by atoms with Crippen LogP contribution in [0.1, 0.15) is 29.8 Å². The normalized spacial score (nSPS) is 12.3. The molecule has 0 saturated heterocycles. The van der Waals surface area contributed by atoms with Crippen LogP contribution in [0.25, 0.3) is 0 Å². The van der Waals surface area contributed by atoms with Crippen LogP contribution in [0, 0.1) is 12.8 Å². The van der Waals surface area contributed by atoms with E-state index >= 15 is 0 Å². The van der Waals surface area contributed by atoms with Crippen molar-refractivity contribution in [2.75, 3.05) is 5.32 Å². The molecular weight excluding hydrogens is 298 g/mol. The molecular formula is C13H16BrNO3. The fourth-order valence-corrected chi connectivity index (χ4v) is 1.62. The topological polar surface area (TPSA) is 66.4 Å². The molecule has 98 valence electrons. The van der Waals surface area contributed by atoms with E-state index in [-0.39, 0.29) is 22.2 Å². The Kier molecular flexibility index (Phi) is 4.90. The highest BCUT2D eigenvalue weighted by Gasteiger charge is 2.20. The highest BCUT2D eigenvalue weighted by Crippen LogP contribution is 2.21. The number of hydrogen-bond donors (Lipinski definition) is 2. The quantitative estimate of drug-likeness (QED) is 0.840. The van der Waals surface area contributed by atoms with Crippen LogP contribution in [-0.2, 0) is 4.79 Å². The average Bonchev–Trinajstić information content (AvgIpc) is 2.30. The molecule has 1 aromatic rings. The van der Waals surface area contributed by atoms with Crippen molar-refractivity contribution < 1.29 is 14.7 Å². The van der Waals surface area contributed by atoms with Gasteiger partial charge in [-0.15, -0.1) is 0 Å². The summed E-state index contributed by atoms with van der Waals surface area (Å²) in [6.45, 7) is 5.54. The number of amides is 1. The number of hydrogen-bond acceptors (Lipinski definition) is 2. The maximum atomic E-state index is 11.9. The molecule has 4 nitrogen and oxygen atoms in total. The van der Waals surface area contributed by atoms with Crippen molar-refractivity contribution in [3.05, 3.63) is 29.3 Å². The molecule has 1 atom stereocenters. The number of rotatable bonds is 4. The van der Waals surface area contributed by atoms with E-state index in [2.05, 4.69) is 21.2 Å². The lowest BCUT2D eigenvalue weighted by Gasteiger charge is -2.15. The van der Waals surface area contributed by atoms with Crippen LogP contribution >= 0.6 is 15.9 Å². The molecule has 2 N–H and O–H groups in total. The molecule has 0 aromatic heterocycles. The first-order valence-electron chi connectivity index (χ1n) is 5.62. The lowest BCUT2D eigenvalue weighted by atomic mass is 10.1. The summed E-state index contributed by atoms with van der Waals surface area (Å²) >= 11 is 3.31. The van der Waals surface area contributed by atoms with Crippen molar-refractivity contribution in [1.29, 1.82) is 0 Å². The number of carbonyl (C=O) groups is 2. The fraction of sp³-hybridized carbons (Fsp3) is 0.385. The Balaban J connectivity index is 2.96. The van der Waals surface area contributed by atoms with Gasteiger partial charge in [-0.2, -0.15) is 0 Å². The molecule has 5 heteroatoms. The molecule has 1 aromatic carbocycles. The van der Waals surface area contributed by atoms with Gasteiger partial charge in [0.2, 0.25) is 5.91 Å². The number of carboxylic acids is 1. The van der Waals surface area contributed by atoms with Gasteiger partial charge in [-0.3, -0.25) is 4.79 Å². The predicted octanol–water partition coefficient (Wildman–Crippen LogP) is 3.05.